The topological polar surface area (TPSA) is 44.1 Å². The molecule has 0 saturated carbocycles. The molecule has 0 amide bonds. The number of rotatable bonds is 3. The van der Waals surface area contributed by atoms with E-state index in [1.807, 2.05) is 0 Å². The Balaban J connectivity index is 2.15. The van der Waals surface area contributed by atoms with E-state index in [1.54, 1.807) is 0 Å². The zero-order valence-corrected chi connectivity index (χ0v) is 7.25. The van der Waals surface area contributed by atoms with Gasteiger partial charge in [-0.15, -0.1) is 0 Å². The zero-order valence-electron chi connectivity index (χ0n) is 7.25. The molecule has 1 heterocycles. The number of ketones is 1. The maximum Gasteiger partial charge on any atom is 0.146 e. The fourth-order valence-electron chi connectivity index (χ4n) is 1.48. The highest BCUT2D eigenvalue weighted by Gasteiger charge is 2.15. The van der Waals surface area contributed by atoms with Gasteiger partial charge in [0.05, 0.1) is 12.6 Å². The highest BCUT2D eigenvalue weighted by atomic mass is 16.1. The molecule has 0 aromatic carbocycles. The van der Waals surface area contributed by atoms with Crippen molar-refractivity contribution in [2.24, 2.45) is 0 Å². The predicted molar refractivity (Wildman–Crippen MR) is 45.5 cm³/mol. The van der Waals surface area contributed by atoms with Crippen LogP contribution in [-0.2, 0) is 4.79 Å². The minimum atomic E-state index is 0.346. The lowest BCUT2D eigenvalue weighted by molar-refractivity contribution is -0.122. The Morgan fingerprint density at radius 1 is 1.58 bits per heavy atom. The average molecular weight is 166 g/mol. The summed E-state index contributed by atoms with van der Waals surface area (Å²) in [6, 6.07) is 2.11. The second kappa shape index (κ2) is 4.89. The fourth-order valence-corrected chi connectivity index (χ4v) is 1.48. The van der Waals surface area contributed by atoms with Crippen molar-refractivity contribution in [3.8, 4) is 6.07 Å². The molecule has 0 spiro atoms. The number of hydrogen-bond acceptors (Lipinski definition) is 3. The maximum absolute atomic E-state index is 11.0. The van der Waals surface area contributed by atoms with Crippen LogP contribution in [0.25, 0.3) is 0 Å². The minimum absolute atomic E-state index is 0.346. The summed E-state index contributed by atoms with van der Waals surface area (Å²) in [7, 11) is 0. The molecule has 1 aliphatic rings. The molecule has 0 aromatic heterocycles. The molecule has 0 aromatic rings. The molecule has 0 aliphatic carbocycles. The lowest BCUT2D eigenvalue weighted by Gasteiger charge is -2.24. The summed E-state index contributed by atoms with van der Waals surface area (Å²) in [4.78, 5) is 13.1. The average Bonchev–Trinajstić information content (AvgIpc) is 2.05. The Hall–Kier alpha value is -0.880. The van der Waals surface area contributed by atoms with E-state index in [-0.39, 0.29) is 0 Å². The highest BCUT2D eigenvalue weighted by Crippen LogP contribution is 2.06. The molecule has 1 aliphatic heterocycles. The van der Waals surface area contributed by atoms with Crippen molar-refractivity contribution in [3.63, 3.8) is 0 Å². The number of likely N-dealkylation sites (tertiary alicyclic amines) is 1. The van der Waals surface area contributed by atoms with Crippen LogP contribution in [0.15, 0.2) is 0 Å². The SMILES string of the molecule is N#CCCCN1CCCC(=O)C1. The van der Waals surface area contributed by atoms with E-state index in [4.69, 9.17) is 5.26 Å². The normalized spacial score (nSPS) is 19.1. The van der Waals surface area contributed by atoms with Gasteiger partial charge in [0.1, 0.15) is 5.78 Å². The van der Waals surface area contributed by atoms with E-state index >= 15 is 0 Å². The first-order chi connectivity index (χ1) is 5.83. The van der Waals surface area contributed by atoms with Gasteiger partial charge in [0.15, 0.2) is 0 Å². The van der Waals surface area contributed by atoms with Crippen LogP contribution in [-0.4, -0.2) is 30.3 Å². The Morgan fingerprint density at radius 3 is 3.08 bits per heavy atom. The number of nitriles is 1. The lowest BCUT2D eigenvalue weighted by atomic mass is 10.1. The van der Waals surface area contributed by atoms with Crippen molar-refractivity contribution in [2.45, 2.75) is 25.7 Å². The Morgan fingerprint density at radius 2 is 2.42 bits per heavy atom. The predicted octanol–water partition coefficient (Wildman–Crippen LogP) is 0.955. The van der Waals surface area contributed by atoms with Gasteiger partial charge in [-0.05, 0) is 25.9 Å². The van der Waals surface area contributed by atoms with E-state index < -0.39 is 0 Å². The van der Waals surface area contributed by atoms with Crippen LogP contribution in [0.2, 0.25) is 0 Å². The van der Waals surface area contributed by atoms with Crippen molar-refractivity contribution < 1.29 is 4.79 Å². The standard InChI is InChI=1S/C9H14N2O/c10-5-1-2-6-11-7-3-4-9(12)8-11/h1-4,6-8H2. The maximum atomic E-state index is 11.0. The van der Waals surface area contributed by atoms with Crippen LogP contribution in [0, 0.1) is 11.3 Å². The third-order valence-electron chi connectivity index (χ3n) is 2.09. The first-order valence-electron chi connectivity index (χ1n) is 4.44. The summed E-state index contributed by atoms with van der Waals surface area (Å²) in [5, 5.41) is 8.31. The molecule has 66 valence electrons. The molecule has 12 heavy (non-hydrogen) atoms. The highest BCUT2D eigenvalue weighted by molar-refractivity contribution is 5.81. The van der Waals surface area contributed by atoms with Gasteiger partial charge in [0.25, 0.3) is 0 Å². The van der Waals surface area contributed by atoms with E-state index in [1.165, 1.54) is 0 Å². The number of piperidine rings is 1. The van der Waals surface area contributed by atoms with Gasteiger partial charge in [0.2, 0.25) is 0 Å². The molecule has 0 unspecified atom stereocenters. The first-order valence-corrected chi connectivity index (χ1v) is 4.44. The summed E-state index contributed by atoms with van der Waals surface area (Å²) in [6.45, 7) is 2.53. The zero-order chi connectivity index (χ0) is 8.81. The largest absolute Gasteiger partial charge is 0.298 e. The van der Waals surface area contributed by atoms with Crippen molar-refractivity contribution in [1.29, 1.82) is 5.26 Å². The minimum Gasteiger partial charge on any atom is -0.298 e. The molecule has 1 fully saturated rings. The van der Waals surface area contributed by atoms with Gasteiger partial charge in [0, 0.05) is 12.8 Å². The summed E-state index contributed by atoms with van der Waals surface area (Å²) in [5.41, 5.74) is 0. The summed E-state index contributed by atoms with van der Waals surface area (Å²) in [6.07, 6.45) is 3.23. The van der Waals surface area contributed by atoms with Gasteiger partial charge >= 0.3 is 0 Å². The first kappa shape index (κ1) is 9.21. The third-order valence-corrected chi connectivity index (χ3v) is 2.09. The molecule has 1 saturated heterocycles. The van der Waals surface area contributed by atoms with Crippen LogP contribution in [0.1, 0.15) is 25.7 Å². The number of unbranched alkanes of at least 4 members (excludes halogenated alkanes) is 1. The summed E-state index contributed by atoms with van der Waals surface area (Å²) in [5.74, 6) is 0.346. The Labute approximate surface area is 73.0 Å². The van der Waals surface area contributed by atoms with Crippen molar-refractivity contribution >= 4 is 5.78 Å². The lowest BCUT2D eigenvalue weighted by Crippen LogP contribution is -2.36. The van der Waals surface area contributed by atoms with Crippen LogP contribution in [0.5, 0.6) is 0 Å². The van der Waals surface area contributed by atoms with Crippen LogP contribution in [0.3, 0.4) is 0 Å². The smallest absolute Gasteiger partial charge is 0.146 e. The van der Waals surface area contributed by atoms with Crippen LogP contribution < -0.4 is 0 Å². The Kier molecular flexibility index (Phi) is 3.75. The van der Waals surface area contributed by atoms with Crippen molar-refractivity contribution in [1.82, 2.24) is 4.90 Å². The van der Waals surface area contributed by atoms with Crippen LogP contribution >= 0.6 is 0 Å². The molecule has 0 bridgehead atoms. The molecular weight excluding hydrogens is 152 g/mol. The molecule has 0 N–H and O–H groups in total. The number of Topliss-reactive ketones (excluding diaryl/α,β-unsaturated/α-hetero) is 1. The third kappa shape index (κ3) is 3.02. The molecule has 1 rings (SSSR count). The van der Waals surface area contributed by atoms with E-state index in [0.717, 1.165) is 32.4 Å². The van der Waals surface area contributed by atoms with Gasteiger partial charge in [-0.3, -0.25) is 9.69 Å². The summed E-state index contributed by atoms with van der Waals surface area (Å²) >= 11 is 0. The number of carbonyl (C=O) groups excluding carboxylic acids is 1. The fraction of sp³-hybridized carbons (Fsp3) is 0.778. The monoisotopic (exact) mass is 166 g/mol. The quantitative estimate of drug-likeness (QED) is 0.586. The van der Waals surface area contributed by atoms with Crippen molar-refractivity contribution in [3.05, 3.63) is 0 Å². The molecule has 3 heteroatoms. The molecule has 0 radical (unpaired) electrons. The molecule has 0 atom stereocenters. The summed E-state index contributed by atoms with van der Waals surface area (Å²) < 4.78 is 0. The second-order valence-electron chi connectivity index (χ2n) is 3.18. The number of hydrogen-bond donors (Lipinski definition) is 0. The van der Waals surface area contributed by atoms with E-state index in [9.17, 15) is 4.79 Å². The van der Waals surface area contributed by atoms with Gasteiger partial charge in [-0.25, -0.2) is 0 Å². The van der Waals surface area contributed by atoms with Gasteiger partial charge in [-0.2, -0.15) is 5.26 Å². The van der Waals surface area contributed by atoms with Crippen molar-refractivity contribution in [2.75, 3.05) is 19.6 Å². The van der Waals surface area contributed by atoms with E-state index in [0.29, 0.717) is 18.7 Å². The van der Waals surface area contributed by atoms with E-state index in [2.05, 4.69) is 11.0 Å². The number of carbonyl (C=O) groups is 1. The second-order valence-corrected chi connectivity index (χ2v) is 3.18. The Bertz CT molecular complexity index is 195. The number of nitrogens with zero attached hydrogens (tertiary/aromatic N) is 2. The van der Waals surface area contributed by atoms with Crippen LogP contribution in [0.4, 0.5) is 0 Å². The molecule has 3 nitrogen and oxygen atoms in total. The van der Waals surface area contributed by atoms with Gasteiger partial charge < -0.3 is 0 Å². The molecular formula is C9H14N2O. The van der Waals surface area contributed by atoms with Gasteiger partial charge in [-0.1, -0.05) is 0 Å².